The topological polar surface area (TPSA) is 29.9 Å². The highest BCUT2D eigenvalue weighted by Crippen LogP contribution is 2.11. The Morgan fingerprint density at radius 1 is 1.43 bits per heavy atom. The Hall–Kier alpha value is -1.29. The van der Waals surface area contributed by atoms with Crippen LogP contribution in [0, 0.1) is 4.77 Å². The zero-order valence-electron chi connectivity index (χ0n) is 7.99. The van der Waals surface area contributed by atoms with E-state index in [0.717, 1.165) is 17.5 Å². The predicted octanol–water partition coefficient (Wildman–Crippen LogP) is 2.54. The number of fused-ring (bicyclic) bond motifs is 1. The van der Waals surface area contributed by atoms with Crippen LogP contribution in [0.25, 0.3) is 11.0 Å². The number of imidazole rings is 1. The molecule has 0 fully saturated rings. The second kappa shape index (κ2) is 3.84. The van der Waals surface area contributed by atoms with Gasteiger partial charge in [-0.25, -0.2) is 0 Å². The molecule has 4 heteroatoms. The van der Waals surface area contributed by atoms with E-state index in [0.29, 0.717) is 11.4 Å². The molecule has 1 aromatic heterocycles. The number of nitrogens with zero attached hydrogens (tertiary/aromatic N) is 1. The van der Waals surface area contributed by atoms with Crippen molar-refractivity contribution in [1.29, 1.82) is 0 Å². The molecular weight excluding hydrogens is 196 g/mol. The van der Waals surface area contributed by atoms with Crippen LogP contribution in [-0.4, -0.2) is 16.3 Å². The Bertz CT molecular complexity index is 486. The van der Waals surface area contributed by atoms with Crippen molar-refractivity contribution in [3.63, 3.8) is 0 Å². The Morgan fingerprint density at radius 2 is 2.21 bits per heavy atom. The zero-order chi connectivity index (χ0) is 9.97. The van der Waals surface area contributed by atoms with Crippen LogP contribution in [0.3, 0.4) is 0 Å². The molecule has 0 aliphatic heterocycles. The maximum absolute atomic E-state index is 5.52. The average molecular weight is 208 g/mol. The molecule has 1 heterocycles. The van der Waals surface area contributed by atoms with Gasteiger partial charge in [0, 0.05) is 0 Å². The van der Waals surface area contributed by atoms with E-state index in [1.807, 2.05) is 24.3 Å². The monoisotopic (exact) mass is 208 g/mol. The second-order valence-corrected chi connectivity index (χ2v) is 3.46. The molecule has 0 radical (unpaired) electrons. The third-order valence-corrected chi connectivity index (χ3v) is 2.24. The zero-order valence-corrected chi connectivity index (χ0v) is 8.80. The normalized spacial score (nSPS) is 10.6. The quantitative estimate of drug-likeness (QED) is 0.785. The van der Waals surface area contributed by atoms with E-state index in [9.17, 15) is 0 Å². The number of rotatable bonds is 3. The fraction of sp³-hybridized carbons (Fsp3) is 0.300. The maximum Gasteiger partial charge on any atom is 0.212 e. The molecule has 0 atom stereocenters. The van der Waals surface area contributed by atoms with Crippen LogP contribution >= 0.6 is 12.2 Å². The summed E-state index contributed by atoms with van der Waals surface area (Å²) in [6.07, 6.45) is 0.973. The van der Waals surface area contributed by atoms with Crippen LogP contribution in [-0.2, 0) is 0 Å². The summed E-state index contributed by atoms with van der Waals surface area (Å²) in [6.45, 7) is 2.74. The van der Waals surface area contributed by atoms with Gasteiger partial charge in [-0.1, -0.05) is 19.1 Å². The van der Waals surface area contributed by atoms with Crippen molar-refractivity contribution >= 4 is 23.3 Å². The lowest BCUT2D eigenvalue weighted by Gasteiger charge is -2.04. The second-order valence-electron chi connectivity index (χ2n) is 3.07. The molecule has 0 amide bonds. The smallest absolute Gasteiger partial charge is 0.212 e. The molecule has 0 bridgehead atoms. The lowest BCUT2D eigenvalue weighted by Crippen LogP contribution is -2.11. The molecule has 2 rings (SSSR count). The molecule has 0 spiro atoms. The molecule has 0 saturated carbocycles. The Morgan fingerprint density at radius 3 is 3.00 bits per heavy atom. The van der Waals surface area contributed by atoms with Gasteiger partial charge in [-0.05, 0) is 30.8 Å². The molecule has 1 N–H and O–H groups in total. The summed E-state index contributed by atoms with van der Waals surface area (Å²) in [5, 5.41) is 0. The van der Waals surface area contributed by atoms with E-state index < -0.39 is 0 Å². The minimum absolute atomic E-state index is 0.611. The highest BCUT2D eigenvalue weighted by molar-refractivity contribution is 7.71. The van der Waals surface area contributed by atoms with Gasteiger partial charge in [-0.2, -0.15) is 4.73 Å². The van der Waals surface area contributed by atoms with Gasteiger partial charge < -0.3 is 9.82 Å². The number of aromatic nitrogens is 2. The minimum Gasteiger partial charge on any atom is -0.411 e. The van der Waals surface area contributed by atoms with Crippen molar-refractivity contribution in [3.8, 4) is 0 Å². The molecule has 0 aliphatic rings. The number of hydrogen-bond acceptors (Lipinski definition) is 2. The average Bonchev–Trinajstić information content (AvgIpc) is 2.51. The summed E-state index contributed by atoms with van der Waals surface area (Å²) in [4.78, 5) is 8.61. The molecule has 3 nitrogen and oxygen atoms in total. The highest BCUT2D eigenvalue weighted by atomic mass is 32.1. The van der Waals surface area contributed by atoms with Gasteiger partial charge in [0.05, 0.1) is 5.52 Å². The Labute approximate surface area is 87.3 Å². The highest BCUT2D eigenvalue weighted by Gasteiger charge is 2.02. The van der Waals surface area contributed by atoms with Crippen molar-refractivity contribution in [2.24, 2.45) is 0 Å². The van der Waals surface area contributed by atoms with E-state index >= 15 is 0 Å². The Balaban J connectivity index is 2.51. The van der Waals surface area contributed by atoms with Crippen molar-refractivity contribution in [2.45, 2.75) is 13.3 Å². The molecule has 1 aromatic carbocycles. The lowest BCUT2D eigenvalue weighted by molar-refractivity contribution is 0.116. The number of aromatic amines is 1. The fourth-order valence-corrected chi connectivity index (χ4v) is 1.60. The van der Waals surface area contributed by atoms with E-state index in [4.69, 9.17) is 17.1 Å². The number of benzene rings is 1. The van der Waals surface area contributed by atoms with Gasteiger partial charge >= 0.3 is 0 Å². The summed E-state index contributed by atoms with van der Waals surface area (Å²) in [7, 11) is 0. The molecule has 0 aliphatic carbocycles. The number of H-pyrrole nitrogens is 1. The van der Waals surface area contributed by atoms with Crippen LogP contribution in [0.5, 0.6) is 0 Å². The van der Waals surface area contributed by atoms with E-state index in [-0.39, 0.29) is 0 Å². The van der Waals surface area contributed by atoms with Gasteiger partial charge in [0.25, 0.3) is 0 Å². The van der Waals surface area contributed by atoms with Gasteiger partial charge in [-0.3, -0.25) is 0 Å². The summed E-state index contributed by atoms with van der Waals surface area (Å²) in [5.74, 6) is 0. The largest absolute Gasteiger partial charge is 0.411 e. The first-order chi connectivity index (χ1) is 6.83. The molecule has 14 heavy (non-hydrogen) atoms. The lowest BCUT2D eigenvalue weighted by atomic mass is 10.3. The van der Waals surface area contributed by atoms with E-state index in [1.165, 1.54) is 0 Å². The molecule has 2 aromatic rings. The van der Waals surface area contributed by atoms with E-state index in [2.05, 4.69) is 11.9 Å². The summed E-state index contributed by atoms with van der Waals surface area (Å²) < 4.78 is 2.29. The molecule has 0 saturated heterocycles. The van der Waals surface area contributed by atoms with Gasteiger partial charge in [0.1, 0.15) is 12.1 Å². The first-order valence-electron chi connectivity index (χ1n) is 4.66. The van der Waals surface area contributed by atoms with Crippen molar-refractivity contribution in [1.82, 2.24) is 9.71 Å². The maximum atomic E-state index is 5.52. The van der Waals surface area contributed by atoms with E-state index in [1.54, 1.807) is 4.73 Å². The summed E-state index contributed by atoms with van der Waals surface area (Å²) >= 11 is 5.15. The fourth-order valence-electron chi connectivity index (χ4n) is 1.34. The SMILES string of the molecule is CCCOn1c(=S)[nH]c2ccccc21. The van der Waals surface area contributed by atoms with Crippen LogP contribution in [0.1, 0.15) is 13.3 Å². The van der Waals surface area contributed by atoms with Crippen molar-refractivity contribution < 1.29 is 4.84 Å². The van der Waals surface area contributed by atoms with Crippen LogP contribution in [0.4, 0.5) is 0 Å². The summed E-state index contributed by atoms with van der Waals surface area (Å²) in [5.41, 5.74) is 2.00. The Kier molecular flexibility index (Phi) is 2.54. The van der Waals surface area contributed by atoms with Crippen LogP contribution < -0.4 is 4.84 Å². The first-order valence-corrected chi connectivity index (χ1v) is 5.07. The van der Waals surface area contributed by atoms with Gasteiger partial charge in [-0.15, -0.1) is 0 Å². The van der Waals surface area contributed by atoms with Gasteiger partial charge in [0.2, 0.25) is 4.77 Å². The standard InChI is InChI=1S/C10H12N2OS/c1-2-7-13-12-9-6-4-3-5-8(9)11-10(12)14/h3-6H,2,7H2,1H3,(H,11,14). The first kappa shape index (κ1) is 9.27. The number of hydrogen-bond donors (Lipinski definition) is 1. The molecule has 0 unspecified atom stereocenters. The number of para-hydroxylation sites is 2. The summed E-state index contributed by atoms with van der Waals surface area (Å²) in [6, 6.07) is 7.91. The third kappa shape index (κ3) is 1.53. The van der Waals surface area contributed by atoms with Crippen LogP contribution in [0.2, 0.25) is 0 Å². The molecule has 74 valence electrons. The predicted molar refractivity (Wildman–Crippen MR) is 58.9 cm³/mol. The van der Waals surface area contributed by atoms with Crippen molar-refractivity contribution in [3.05, 3.63) is 29.0 Å². The third-order valence-electron chi connectivity index (χ3n) is 1.97. The van der Waals surface area contributed by atoms with Crippen LogP contribution in [0.15, 0.2) is 24.3 Å². The minimum atomic E-state index is 0.611. The molecular formula is C10H12N2OS. The van der Waals surface area contributed by atoms with Crippen molar-refractivity contribution in [2.75, 3.05) is 6.61 Å². The number of nitrogens with one attached hydrogen (secondary N) is 1. The van der Waals surface area contributed by atoms with Gasteiger partial charge in [0.15, 0.2) is 0 Å².